The number of hydrogen-bond acceptors (Lipinski definition) is 4. The molecular formula is C13H15BrN2O2S2. The molecule has 0 saturated heterocycles. The predicted molar refractivity (Wildman–Crippen MR) is 86.1 cm³/mol. The fourth-order valence-corrected chi connectivity index (χ4v) is 5.09. The molecule has 0 amide bonds. The van der Waals surface area contributed by atoms with Gasteiger partial charge in [0.1, 0.15) is 0 Å². The van der Waals surface area contributed by atoms with Gasteiger partial charge in [0.2, 0.25) is 10.0 Å². The van der Waals surface area contributed by atoms with Crippen molar-refractivity contribution < 1.29 is 8.42 Å². The highest BCUT2D eigenvalue weighted by molar-refractivity contribution is 9.10. The van der Waals surface area contributed by atoms with E-state index >= 15 is 0 Å². The summed E-state index contributed by atoms with van der Waals surface area (Å²) in [6.45, 7) is 2.63. The highest BCUT2D eigenvalue weighted by Crippen LogP contribution is 2.28. The molecule has 1 aromatic carbocycles. The van der Waals surface area contributed by atoms with E-state index in [0.717, 1.165) is 4.88 Å². The van der Waals surface area contributed by atoms with E-state index in [1.807, 2.05) is 24.4 Å². The smallest absolute Gasteiger partial charge is 0.244 e. The molecule has 2 N–H and O–H groups in total. The Morgan fingerprint density at radius 3 is 2.65 bits per heavy atom. The quantitative estimate of drug-likeness (QED) is 0.816. The Balaban J connectivity index is 2.36. The monoisotopic (exact) mass is 374 g/mol. The van der Waals surface area contributed by atoms with Crippen molar-refractivity contribution in [3.63, 3.8) is 0 Å². The number of nitrogen functional groups attached to an aromatic ring is 1. The normalized spacial score (nSPS) is 11.9. The van der Waals surface area contributed by atoms with Crippen LogP contribution in [0.15, 0.2) is 45.1 Å². The molecule has 0 saturated carbocycles. The maximum Gasteiger partial charge on any atom is 0.244 e. The summed E-state index contributed by atoms with van der Waals surface area (Å²) in [6, 6.07) is 8.58. The largest absolute Gasteiger partial charge is 0.399 e. The second-order valence-electron chi connectivity index (χ2n) is 4.20. The number of anilines is 1. The summed E-state index contributed by atoms with van der Waals surface area (Å²) >= 11 is 4.82. The third-order valence-electron chi connectivity index (χ3n) is 2.84. The van der Waals surface area contributed by atoms with Crippen molar-refractivity contribution in [2.75, 3.05) is 12.3 Å². The predicted octanol–water partition coefficient (Wildman–Crippen LogP) is 3.30. The molecule has 0 aliphatic rings. The Labute approximate surface area is 131 Å². The lowest BCUT2D eigenvalue weighted by Crippen LogP contribution is -2.30. The van der Waals surface area contributed by atoms with Gasteiger partial charge in [0, 0.05) is 28.1 Å². The molecule has 7 heteroatoms. The number of sulfonamides is 1. The first-order valence-corrected chi connectivity index (χ1v) is 9.14. The average molecular weight is 375 g/mol. The molecule has 0 spiro atoms. The first-order valence-electron chi connectivity index (χ1n) is 6.02. The van der Waals surface area contributed by atoms with E-state index in [4.69, 9.17) is 5.73 Å². The molecule has 0 bridgehead atoms. The lowest BCUT2D eigenvalue weighted by Gasteiger charge is -2.20. The summed E-state index contributed by atoms with van der Waals surface area (Å²) in [5, 5.41) is 1.94. The summed E-state index contributed by atoms with van der Waals surface area (Å²) in [5.74, 6) is 0. The summed E-state index contributed by atoms with van der Waals surface area (Å²) in [7, 11) is -3.54. The van der Waals surface area contributed by atoms with Crippen molar-refractivity contribution in [3.8, 4) is 0 Å². The third kappa shape index (κ3) is 3.22. The number of hydrogen-bond donors (Lipinski definition) is 1. The maximum atomic E-state index is 12.7. The maximum absolute atomic E-state index is 12.7. The van der Waals surface area contributed by atoms with Crippen LogP contribution >= 0.6 is 27.3 Å². The Kier molecular flexibility index (Phi) is 4.85. The van der Waals surface area contributed by atoms with E-state index in [1.54, 1.807) is 23.5 Å². The fraction of sp³-hybridized carbons (Fsp3) is 0.231. The van der Waals surface area contributed by atoms with Gasteiger partial charge in [-0.15, -0.1) is 11.3 Å². The van der Waals surface area contributed by atoms with E-state index in [1.165, 1.54) is 10.4 Å². The van der Waals surface area contributed by atoms with Gasteiger partial charge >= 0.3 is 0 Å². The fourth-order valence-electron chi connectivity index (χ4n) is 1.81. The second-order valence-corrected chi connectivity index (χ2v) is 7.99. The number of halogens is 1. The average Bonchev–Trinajstić information content (AvgIpc) is 2.88. The van der Waals surface area contributed by atoms with Gasteiger partial charge in [-0.3, -0.25) is 0 Å². The number of benzene rings is 1. The molecule has 0 aliphatic carbocycles. The molecule has 0 unspecified atom stereocenters. The van der Waals surface area contributed by atoms with E-state index in [2.05, 4.69) is 15.9 Å². The molecule has 0 radical (unpaired) electrons. The number of thiophene rings is 1. The molecular weight excluding hydrogens is 360 g/mol. The first kappa shape index (κ1) is 15.5. The van der Waals surface area contributed by atoms with Crippen LogP contribution in [0, 0.1) is 0 Å². The van der Waals surface area contributed by atoms with Crippen molar-refractivity contribution in [1.82, 2.24) is 4.31 Å². The Morgan fingerprint density at radius 1 is 1.35 bits per heavy atom. The summed E-state index contributed by atoms with van der Waals surface area (Å²) in [5.41, 5.74) is 6.18. The van der Waals surface area contributed by atoms with Crippen LogP contribution in [0.1, 0.15) is 11.8 Å². The van der Waals surface area contributed by atoms with E-state index in [-0.39, 0.29) is 4.90 Å². The van der Waals surface area contributed by atoms with Gasteiger partial charge in [-0.2, -0.15) is 4.31 Å². The standard InChI is InChI=1S/C13H15BrN2O2S2/c1-2-16(9-11-4-3-7-19-11)20(17,18)13-6-5-10(15)8-12(13)14/h3-8H,2,9,15H2,1H3. The molecule has 20 heavy (non-hydrogen) atoms. The van der Waals surface area contributed by atoms with Crippen molar-refractivity contribution >= 4 is 43.0 Å². The van der Waals surface area contributed by atoms with Crippen LogP contribution in [-0.4, -0.2) is 19.3 Å². The Morgan fingerprint density at radius 2 is 2.10 bits per heavy atom. The minimum atomic E-state index is -3.54. The summed E-state index contributed by atoms with van der Waals surface area (Å²) < 4.78 is 27.3. The molecule has 1 heterocycles. The highest BCUT2D eigenvalue weighted by Gasteiger charge is 2.25. The number of nitrogens with zero attached hydrogens (tertiary/aromatic N) is 1. The van der Waals surface area contributed by atoms with E-state index < -0.39 is 10.0 Å². The zero-order valence-corrected chi connectivity index (χ0v) is 14.1. The lowest BCUT2D eigenvalue weighted by molar-refractivity contribution is 0.426. The van der Waals surface area contributed by atoms with Gasteiger partial charge < -0.3 is 5.73 Å². The molecule has 0 aliphatic heterocycles. The zero-order valence-electron chi connectivity index (χ0n) is 10.9. The summed E-state index contributed by atoms with van der Waals surface area (Å²) in [4.78, 5) is 1.26. The molecule has 4 nitrogen and oxygen atoms in total. The van der Waals surface area contributed by atoms with Crippen molar-refractivity contribution in [3.05, 3.63) is 45.1 Å². The van der Waals surface area contributed by atoms with Crippen molar-refractivity contribution in [1.29, 1.82) is 0 Å². The molecule has 108 valence electrons. The Bertz CT molecular complexity index is 684. The van der Waals surface area contributed by atoms with Gasteiger partial charge in [0.15, 0.2) is 0 Å². The van der Waals surface area contributed by atoms with Crippen LogP contribution in [0.2, 0.25) is 0 Å². The minimum absolute atomic E-state index is 0.241. The first-order chi connectivity index (χ1) is 9.45. The highest BCUT2D eigenvalue weighted by atomic mass is 79.9. The molecule has 0 fully saturated rings. The molecule has 1 aromatic heterocycles. The molecule has 2 rings (SSSR count). The van der Waals surface area contributed by atoms with Crippen LogP contribution < -0.4 is 5.73 Å². The lowest BCUT2D eigenvalue weighted by atomic mass is 10.3. The van der Waals surface area contributed by atoms with Crippen molar-refractivity contribution in [2.45, 2.75) is 18.4 Å². The van der Waals surface area contributed by atoms with Crippen LogP contribution in [0.4, 0.5) is 5.69 Å². The third-order valence-corrected chi connectivity index (χ3v) is 6.60. The SMILES string of the molecule is CCN(Cc1cccs1)S(=O)(=O)c1ccc(N)cc1Br. The molecule has 2 aromatic rings. The van der Waals surface area contributed by atoms with Crippen LogP contribution in [-0.2, 0) is 16.6 Å². The van der Waals surface area contributed by atoms with Gasteiger partial charge in [-0.25, -0.2) is 8.42 Å². The van der Waals surface area contributed by atoms with Crippen LogP contribution in [0.5, 0.6) is 0 Å². The topological polar surface area (TPSA) is 63.4 Å². The van der Waals surface area contributed by atoms with E-state index in [0.29, 0.717) is 23.2 Å². The van der Waals surface area contributed by atoms with Gasteiger partial charge in [-0.05, 0) is 45.6 Å². The number of rotatable bonds is 5. The molecule has 0 atom stereocenters. The van der Waals surface area contributed by atoms with E-state index in [9.17, 15) is 8.42 Å². The van der Waals surface area contributed by atoms with Crippen molar-refractivity contribution in [2.24, 2.45) is 0 Å². The number of nitrogens with two attached hydrogens (primary N) is 1. The van der Waals surface area contributed by atoms with Gasteiger partial charge in [-0.1, -0.05) is 13.0 Å². The minimum Gasteiger partial charge on any atom is -0.399 e. The zero-order chi connectivity index (χ0) is 14.8. The summed E-state index contributed by atoms with van der Waals surface area (Å²) in [6.07, 6.45) is 0. The van der Waals surface area contributed by atoms with Gasteiger partial charge in [0.05, 0.1) is 4.90 Å². The second kappa shape index (κ2) is 6.26. The van der Waals surface area contributed by atoms with Crippen LogP contribution in [0.3, 0.4) is 0 Å². The van der Waals surface area contributed by atoms with Crippen LogP contribution in [0.25, 0.3) is 0 Å². The van der Waals surface area contributed by atoms with Gasteiger partial charge in [0.25, 0.3) is 0 Å². The Hall–Kier alpha value is -0.890.